The van der Waals surface area contributed by atoms with Crippen LogP contribution in [0.5, 0.6) is 0 Å². The molecule has 1 aromatic carbocycles. The van der Waals surface area contributed by atoms with Crippen LogP contribution >= 0.6 is 0 Å². The largest absolute Gasteiger partial charge is 0.280 e. The highest BCUT2D eigenvalue weighted by atomic mass is 16.6. The summed E-state index contributed by atoms with van der Waals surface area (Å²) in [6.07, 6.45) is 2.16. The molecule has 0 heterocycles. The Morgan fingerprint density at radius 2 is 1.33 bits per heavy atom. The van der Waals surface area contributed by atoms with E-state index in [2.05, 4.69) is 0 Å². The lowest BCUT2D eigenvalue weighted by molar-refractivity contribution is -0.456. The van der Waals surface area contributed by atoms with Crippen LogP contribution in [0.1, 0.15) is 17.9 Å². The Balaban J connectivity index is 2.71. The molecule has 0 aliphatic heterocycles. The van der Waals surface area contributed by atoms with E-state index in [1.807, 2.05) is 0 Å². The first-order valence-electron chi connectivity index (χ1n) is 6.35. The molecule has 0 radical (unpaired) electrons. The molecule has 1 aliphatic carbocycles. The number of rotatable bonds is 5. The van der Waals surface area contributed by atoms with Gasteiger partial charge in [0.05, 0.1) is 31.3 Å². The van der Waals surface area contributed by atoms with E-state index >= 15 is 0 Å². The van der Waals surface area contributed by atoms with Crippen molar-refractivity contribution in [2.75, 3.05) is 0 Å². The highest BCUT2D eigenvalue weighted by Gasteiger charge is 2.43. The number of non-ortho nitro benzene ring substituents is 1. The van der Waals surface area contributed by atoms with Crippen LogP contribution in [0.3, 0.4) is 0 Å². The Morgan fingerprint density at radius 3 is 1.75 bits per heavy atom. The van der Waals surface area contributed by atoms with Crippen LogP contribution in [-0.2, 0) is 0 Å². The van der Waals surface area contributed by atoms with Crippen LogP contribution in [0.15, 0.2) is 41.7 Å². The number of hydrogen-bond donors (Lipinski definition) is 0. The highest BCUT2D eigenvalue weighted by Crippen LogP contribution is 2.41. The van der Waals surface area contributed by atoms with Crippen molar-refractivity contribution in [3.05, 3.63) is 87.8 Å². The number of nitro groups is 4. The van der Waals surface area contributed by atoms with E-state index in [4.69, 9.17) is 0 Å². The van der Waals surface area contributed by atoms with Crippen LogP contribution in [0.4, 0.5) is 11.4 Å². The average Bonchev–Trinajstić information content (AvgIpc) is 2.53. The summed E-state index contributed by atoms with van der Waals surface area (Å²) in [4.78, 5) is 40.7. The van der Waals surface area contributed by atoms with E-state index in [1.54, 1.807) is 0 Å². The molecule has 0 spiro atoms. The van der Waals surface area contributed by atoms with Crippen molar-refractivity contribution >= 4 is 11.4 Å². The van der Waals surface area contributed by atoms with E-state index in [9.17, 15) is 40.5 Å². The maximum absolute atomic E-state index is 11.2. The van der Waals surface area contributed by atoms with Crippen LogP contribution < -0.4 is 0 Å². The second kappa shape index (κ2) is 6.20. The molecule has 1 aliphatic rings. The molecule has 0 unspecified atom stereocenters. The zero-order valence-electron chi connectivity index (χ0n) is 11.7. The number of nitrogens with zero attached hydrogens (tertiary/aromatic N) is 4. The van der Waals surface area contributed by atoms with Gasteiger partial charge in [-0.25, -0.2) is 0 Å². The van der Waals surface area contributed by atoms with E-state index in [1.165, 1.54) is 0 Å². The second-order valence-corrected chi connectivity index (χ2v) is 4.70. The third kappa shape index (κ3) is 2.92. The predicted molar refractivity (Wildman–Crippen MR) is 77.3 cm³/mol. The maximum atomic E-state index is 11.2. The first kappa shape index (κ1) is 16.7. The first-order chi connectivity index (χ1) is 11.2. The molecule has 0 bridgehead atoms. The monoisotopic (exact) mass is 336 g/mol. The quantitative estimate of drug-likeness (QED) is 0.581. The van der Waals surface area contributed by atoms with Crippen molar-refractivity contribution in [3.63, 3.8) is 0 Å². The Labute approximate surface area is 132 Å². The lowest BCUT2D eigenvalue weighted by Crippen LogP contribution is -2.20. The summed E-state index contributed by atoms with van der Waals surface area (Å²) >= 11 is 0. The van der Waals surface area contributed by atoms with Crippen molar-refractivity contribution in [2.45, 2.75) is 12.3 Å². The molecular formula is C12H8N4O8. The molecule has 0 saturated heterocycles. The van der Waals surface area contributed by atoms with Gasteiger partial charge in [-0.15, -0.1) is 0 Å². The van der Waals surface area contributed by atoms with E-state index in [0.717, 1.165) is 24.3 Å². The molecule has 0 amide bonds. The number of hydrogen-bond acceptors (Lipinski definition) is 8. The van der Waals surface area contributed by atoms with Crippen LogP contribution in [0.2, 0.25) is 0 Å². The Kier molecular flexibility index (Phi) is 4.30. The molecule has 124 valence electrons. The minimum atomic E-state index is -1.59. The van der Waals surface area contributed by atoms with Crippen molar-refractivity contribution in [3.8, 4) is 0 Å². The fraction of sp³-hybridized carbons (Fsp3) is 0.167. The Morgan fingerprint density at radius 1 is 0.792 bits per heavy atom. The zero-order valence-corrected chi connectivity index (χ0v) is 11.7. The summed E-state index contributed by atoms with van der Waals surface area (Å²) in [5.74, 6) is -1.59. The fourth-order valence-electron chi connectivity index (χ4n) is 2.41. The number of benzene rings is 1. The zero-order chi connectivity index (χ0) is 18.0. The van der Waals surface area contributed by atoms with Gasteiger partial charge in [-0.1, -0.05) is 0 Å². The van der Waals surface area contributed by atoms with Gasteiger partial charge in [0.15, 0.2) is 5.92 Å². The lowest BCUT2D eigenvalue weighted by atomic mass is 9.87. The molecule has 0 N–H and O–H groups in total. The standard InChI is InChI=1S/C12H8N4O8/c17-13(18)7-4-5-8(11(6-7)16(23)24)12-9(14(19)20)2-1-3-10(12)15(21)22/h2-6,12H,1H2. The normalized spacial score (nSPS) is 14.5. The summed E-state index contributed by atoms with van der Waals surface area (Å²) < 4.78 is 0. The first-order valence-corrected chi connectivity index (χ1v) is 6.35. The van der Waals surface area contributed by atoms with Gasteiger partial charge < -0.3 is 0 Å². The van der Waals surface area contributed by atoms with E-state index in [0.29, 0.717) is 6.07 Å². The van der Waals surface area contributed by atoms with Crippen LogP contribution in [0.25, 0.3) is 0 Å². The maximum Gasteiger partial charge on any atom is 0.280 e. The second-order valence-electron chi connectivity index (χ2n) is 4.70. The predicted octanol–water partition coefficient (Wildman–Crippen LogP) is 2.31. The summed E-state index contributed by atoms with van der Waals surface area (Å²) in [5, 5.41) is 44.3. The molecule has 1 aromatic rings. The van der Waals surface area contributed by atoms with Gasteiger partial charge in [-0.05, 0) is 24.6 Å². The van der Waals surface area contributed by atoms with Crippen molar-refractivity contribution in [1.82, 2.24) is 0 Å². The topological polar surface area (TPSA) is 173 Å². The van der Waals surface area contributed by atoms with Gasteiger partial charge in [0.2, 0.25) is 0 Å². The van der Waals surface area contributed by atoms with E-state index < -0.39 is 48.4 Å². The van der Waals surface area contributed by atoms with Crippen molar-refractivity contribution in [1.29, 1.82) is 0 Å². The van der Waals surface area contributed by atoms with Gasteiger partial charge in [-0.3, -0.25) is 40.5 Å². The van der Waals surface area contributed by atoms with Crippen molar-refractivity contribution in [2.24, 2.45) is 0 Å². The lowest BCUT2D eigenvalue weighted by Gasteiger charge is -2.15. The average molecular weight is 336 g/mol. The molecule has 0 atom stereocenters. The fourth-order valence-corrected chi connectivity index (χ4v) is 2.41. The summed E-state index contributed by atoms with van der Waals surface area (Å²) in [6.45, 7) is 0. The molecular weight excluding hydrogens is 328 g/mol. The Bertz CT molecular complexity index is 798. The molecule has 12 nitrogen and oxygen atoms in total. The summed E-state index contributed by atoms with van der Waals surface area (Å²) in [5.41, 5.74) is -2.91. The van der Waals surface area contributed by atoms with Gasteiger partial charge in [0, 0.05) is 6.07 Å². The molecule has 0 saturated carbocycles. The summed E-state index contributed by atoms with van der Waals surface area (Å²) in [7, 11) is 0. The third-order valence-corrected chi connectivity index (χ3v) is 3.40. The van der Waals surface area contributed by atoms with Crippen LogP contribution in [0, 0.1) is 40.5 Å². The molecule has 0 fully saturated rings. The number of nitro benzene ring substituents is 2. The SMILES string of the molecule is O=[N+]([O-])C1=CCC=C([N+](=O)[O-])C1c1ccc([N+](=O)[O-])cc1[N+](=O)[O-]. The van der Waals surface area contributed by atoms with Crippen LogP contribution in [-0.4, -0.2) is 19.7 Å². The van der Waals surface area contributed by atoms with Gasteiger partial charge in [0.25, 0.3) is 22.8 Å². The molecule has 0 aromatic heterocycles. The van der Waals surface area contributed by atoms with Gasteiger partial charge >= 0.3 is 0 Å². The minimum Gasteiger partial charge on any atom is -0.259 e. The molecule has 2 rings (SSSR count). The van der Waals surface area contributed by atoms with Gasteiger partial charge in [-0.2, -0.15) is 0 Å². The molecule has 24 heavy (non-hydrogen) atoms. The highest BCUT2D eigenvalue weighted by molar-refractivity contribution is 5.54. The van der Waals surface area contributed by atoms with E-state index in [-0.39, 0.29) is 12.0 Å². The smallest absolute Gasteiger partial charge is 0.259 e. The third-order valence-electron chi connectivity index (χ3n) is 3.40. The summed E-state index contributed by atoms with van der Waals surface area (Å²) in [6, 6.07) is 2.46. The van der Waals surface area contributed by atoms with Gasteiger partial charge in [0.1, 0.15) is 0 Å². The molecule has 12 heteroatoms. The minimum absolute atomic E-state index is 0.0656. The van der Waals surface area contributed by atoms with Crippen molar-refractivity contribution < 1.29 is 19.7 Å². The number of allylic oxidation sites excluding steroid dienone is 2. The Hall–Kier alpha value is -3.70.